The number of hydrogen-bond donors (Lipinski definition) is 1. The number of rotatable bonds is 4. The van der Waals surface area contributed by atoms with Crippen LogP contribution in [0.3, 0.4) is 0 Å². The quantitative estimate of drug-likeness (QED) is 0.706. The number of benzene rings is 1. The maximum atomic E-state index is 5.97. The Kier molecular flexibility index (Phi) is 6.18. The van der Waals surface area contributed by atoms with Gasteiger partial charge in [0.25, 0.3) is 0 Å². The highest BCUT2D eigenvalue weighted by atomic mass is 79.9. The van der Waals surface area contributed by atoms with Crippen molar-refractivity contribution < 1.29 is 0 Å². The van der Waals surface area contributed by atoms with E-state index in [9.17, 15) is 0 Å². The zero-order chi connectivity index (χ0) is 13.7. The molecule has 1 N–H and O–H groups in total. The summed E-state index contributed by atoms with van der Waals surface area (Å²) in [5.74, 6) is 0.841. The molecule has 1 atom stereocenters. The molecule has 0 unspecified atom stereocenters. The van der Waals surface area contributed by atoms with Gasteiger partial charge in [0.05, 0.1) is 0 Å². The highest BCUT2D eigenvalue weighted by Gasteiger charge is 2.18. The Morgan fingerprint density at radius 1 is 1.26 bits per heavy atom. The van der Waals surface area contributed by atoms with Crippen LogP contribution in [-0.4, -0.2) is 6.04 Å². The largest absolute Gasteiger partial charge is 0.310 e. The van der Waals surface area contributed by atoms with E-state index in [1.807, 2.05) is 12.1 Å². The van der Waals surface area contributed by atoms with Crippen molar-refractivity contribution >= 4 is 27.5 Å². The summed E-state index contributed by atoms with van der Waals surface area (Å²) < 4.78 is 1.10. The molecule has 0 aliphatic heterocycles. The van der Waals surface area contributed by atoms with Crippen LogP contribution < -0.4 is 5.32 Å². The minimum atomic E-state index is 0.598. The van der Waals surface area contributed by atoms with E-state index < -0.39 is 0 Å². The van der Waals surface area contributed by atoms with Crippen molar-refractivity contribution in [2.45, 2.75) is 58.0 Å². The summed E-state index contributed by atoms with van der Waals surface area (Å²) in [5, 5.41) is 4.47. The second-order valence-corrected chi connectivity index (χ2v) is 6.95. The van der Waals surface area contributed by atoms with E-state index in [0.29, 0.717) is 6.04 Å². The van der Waals surface area contributed by atoms with Crippen molar-refractivity contribution in [3.05, 3.63) is 33.3 Å². The molecule has 1 saturated carbocycles. The van der Waals surface area contributed by atoms with Gasteiger partial charge < -0.3 is 5.32 Å². The van der Waals surface area contributed by atoms with E-state index in [2.05, 4.69) is 34.2 Å². The summed E-state index contributed by atoms with van der Waals surface area (Å²) in [7, 11) is 0. The molecule has 1 fully saturated rings. The highest BCUT2D eigenvalue weighted by Crippen LogP contribution is 2.26. The van der Waals surface area contributed by atoms with Gasteiger partial charge in [-0.15, -0.1) is 0 Å². The summed E-state index contributed by atoms with van der Waals surface area (Å²) in [6.45, 7) is 3.25. The van der Waals surface area contributed by atoms with Gasteiger partial charge >= 0.3 is 0 Å². The second-order valence-electron chi connectivity index (χ2n) is 5.66. The predicted octanol–water partition coefficient (Wildman–Crippen LogP) is 5.55. The zero-order valence-corrected chi connectivity index (χ0v) is 13.9. The van der Waals surface area contributed by atoms with Crippen LogP contribution in [0.15, 0.2) is 22.7 Å². The van der Waals surface area contributed by atoms with Gasteiger partial charge in [0, 0.05) is 22.1 Å². The molecule has 0 saturated heterocycles. The third-order valence-electron chi connectivity index (χ3n) is 4.24. The first-order chi connectivity index (χ1) is 9.16. The predicted molar refractivity (Wildman–Crippen MR) is 86.6 cm³/mol. The maximum absolute atomic E-state index is 5.97. The van der Waals surface area contributed by atoms with Gasteiger partial charge in [-0.1, -0.05) is 59.3 Å². The monoisotopic (exact) mass is 343 g/mol. The molecule has 0 spiro atoms. The van der Waals surface area contributed by atoms with Gasteiger partial charge in [-0.2, -0.15) is 0 Å². The molecule has 19 heavy (non-hydrogen) atoms. The lowest BCUT2D eigenvalue weighted by atomic mass is 9.93. The van der Waals surface area contributed by atoms with E-state index in [0.717, 1.165) is 22.0 Å². The second kappa shape index (κ2) is 7.66. The Bertz CT molecular complexity index is 400. The van der Waals surface area contributed by atoms with Crippen LogP contribution in [-0.2, 0) is 6.54 Å². The van der Waals surface area contributed by atoms with E-state index in [1.54, 1.807) is 0 Å². The molecule has 2 rings (SSSR count). The molecule has 0 radical (unpaired) electrons. The first-order valence-electron chi connectivity index (χ1n) is 7.34. The molecule has 1 aromatic carbocycles. The van der Waals surface area contributed by atoms with Crippen LogP contribution in [0.1, 0.15) is 51.0 Å². The average molecular weight is 345 g/mol. The summed E-state index contributed by atoms with van der Waals surface area (Å²) in [6, 6.07) is 6.62. The Balaban J connectivity index is 1.86. The summed E-state index contributed by atoms with van der Waals surface area (Å²) in [4.78, 5) is 0. The Hall–Kier alpha value is -0.0500. The van der Waals surface area contributed by atoms with E-state index in [4.69, 9.17) is 11.6 Å². The van der Waals surface area contributed by atoms with Crippen molar-refractivity contribution in [3.8, 4) is 0 Å². The molecule has 1 aliphatic carbocycles. The van der Waals surface area contributed by atoms with Gasteiger partial charge in [-0.25, -0.2) is 0 Å². The molecule has 0 bridgehead atoms. The molecule has 1 aromatic rings. The molecule has 0 amide bonds. The van der Waals surface area contributed by atoms with Gasteiger partial charge in [0.1, 0.15) is 0 Å². The smallest absolute Gasteiger partial charge is 0.0417 e. The van der Waals surface area contributed by atoms with Crippen LogP contribution in [0, 0.1) is 5.92 Å². The number of nitrogens with one attached hydrogen (secondary N) is 1. The SMILES string of the molecule is C[C@@H](NCc1ccc(Cl)cc1Br)C1CCCCCC1. The van der Waals surface area contributed by atoms with Gasteiger partial charge in [0.15, 0.2) is 0 Å². The van der Waals surface area contributed by atoms with Crippen molar-refractivity contribution in [2.24, 2.45) is 5.92 Å². The van der Waals surface area contributed by atoms with Crippen molar-refractivity contribution in [3.63, 3.8) is 0 Å². The average Bonchev–Trinajstić information content (AvgIpc) is 2.66. The Labute approximate surface area is 130 Å². The number of halogens is 2. The fourth-order valence-electron chi connectivity index (χ4n) is 2.91. The van der Waals surface area contributed by atoms with Gasteiger partial charge in [-0.3, -0.25) is 0 Å². The summed E-state index contributed by atoms with van der Waals surface area (Å²) in [5.41, 5.74) is 1.28. The third-order valence-corrected chi connectivity index (χ3v) is 5.21. The molecular weight excluding hydrogens is 322 g/mol. The minimum absolute atomic E-state index is 0.598. The molecule has 0 aromatic heterocycles. The molecule has 0 heterocycles. The van der Waals surface area contributed by atoms with Crippen LogP contribution in [0.4, 0.5) is 0 Å². The lowest BCUT2D eigenvalue weighted by Gasteiger charge is -2.24. The van der Waals surface area contributed by atoms with Crippen LogP contribution in [0.5, 0.6) is 0 Å². The van der Waals surface area contributed by atoms with E-state index >= 15 is 0 Å². The lowest BCUT2D eigenvalue weighted by Crippen LogP contribution is -2.33. The fourth-order valence-corrected chi connectivity index (χ4v) is 3.74. The third kappa shape index (κ3) is 4.77. The summed E-state index contributed by atoms with van der Waals surface area (Å²) in [6.07, 6.45) is 8.42. The maximum Gasteiger partial charge on any atom is 0.0417 e. The molecule has 3 heteroatoms. The standard InChI is InChI=1S/C16H23BrClN/c1-12(13-6-4-2-3-5-7-13)19-11-14-8-9-15(18)10-16(14)17/h8-10,12-13,19H,2-7,11H2,1H3/t12-/m1/s1. The Morgan fingerprint density at radius 2 is 1.95 bits per heavy atom. The van der Waals surface area contributed by atoms with Crippen molar-refractivity contribution in [1.29, 1.82) is 0 Å². The van der Waals surface area contributed by atoms with E-state index in [-0.39, 0.29) is 0 Å². The fraction of sp³-hybridized carbons (Fsp3) is 0.625. The Morgan fingerprint density at radius 3 is 2.58 bits per heavy atom. The topological polar surface area (TPSA) is 12.0 Å². The molecule has 1 nitrogen and oxygen atoms in total. The van der Waals surface area contributed by atoms with Crippen molar-refractivity contribution in [1.82, 2.24) is 5.32 Å². The molecular formula is C16H23BrClN. The van der Waals surface area contributed by atoms with Crippen LogP contribution in [0.25, 0.3) is 0 Å². The van der Waals surface area contributed by atoms with Crippen LogP contribution in [0.2, 0.25) is 5.02 Å². The summed E-state index contributed by atoms with van der Waals surface area (Å²) >= 11 is 9.55. The first kappa shape index (κ1) is 15.3. The molecule has 106 valence electrons. The molecule has 1 aliphatic rings. The van der Waals surface area contributed by atoms with Gasteiger partial charge in [0.2, 0.25) is 0 Å². The van der Waals surface area contributed by atoms with Crippen LogP contribution >= 0.6 is 27.5 Å². The van der Waals surface area contributed by atoms with Crippen molar-refractivity contribution in [2.75, 3.05) is 0 Å². The lowest BCUT2D eigenvalue weighted by molar-refractivity contribution is 0.336. The zero-order valence-electron chi connectivity index (χ0n) is 11.6. The normalized spacial score (nSPS) is 19.1. The van der Waals surface area contributed by atoms with E-state index in [1.165, 1.54) is 44.1 Å². The number of hydrogen-bond acceptors (Lipinski definition) is 1. The first-order valence-corrected chi connectivity index (χ1v) is 8.51. The minimum Gasteiger partial charge on any atom is -0.310 e. The highest BCUT2D eigenvalue weighted by molar-refractivity contribution is 9.10. The van der Waals surface area contributed by atoms with Gasteiger partial charge in [-0.05, 0) is 43.4 Å².